The summed E-state index contributed by atoms with van der Waals surface area (Å²) in [5.74, 6) is 1.36. The summed E-state index contributed by atoms with van der Waals surface area (Å²) in [6.45, 7) is 4.43. The molecular formula is C14H14N4O. The SMILES string of the molecule is CCOc1ccc(-c2nc(C)nc3[nH]ccc23)cn1. The maximum Gasteiger partial charge on any atom is 0.213 e. The van der Waals surface area contributed by atoms with Crippen LogP contribution in [0.2, 0.25) is 0 Å². The van der Waals surface area contributed by atoms with E-state index in [-0.39, 0.29) is 0 Å². The molecule has 0 atom stereocenters. The summed E-state index contributed by atoms with van der Waals surface area (Å²) in [4.78, 5) is 16.2. The van der Waals surface area contributed by atoms with Crippen LogP contribution in [0.4, 0.5) is 0 Å². The van der Waals surface area contributed by atoms with Crippen molar-refractivity contribution in [3.63, 3.8) is 0 Å². The number of aromatic amines is 1. The zero-order chi connectivity index (χ0) is 13.2. The van der Waals surface area contributed by atoms with Crippen LogP contribution in [0.25, 0.3) is 22.3 Å². The van der Waals surface area contributed by atoms with Gasteiger partial charge in [0.1, 0.15) is 11.5 Å². The summed E-state index contributed by atoms with van der Waals surface area (Å²) in [5.41, 5.74) is 2.69. The standard InChI is InChI=1S/C14H14N4O/c1-3-19-12-5-4-10(8-16-12)13-11-6-7-15-14(11)18-9(2)17-13/h4-8H,3H2,1-2H3,(H,15,17,18). The van der Waals surface area contributed by atoms with Crippen molar-refractivity contribution in [3.8, 4) is 17.1 Å². The predicted molar refractivity (Wildman–Crippen MR) is 73.0 cm³/mol. The lowest BCUT2D eigenvalue weighted by molar-refractivity contribution is 0.327. The molecule has 5 nitrogen and oxygen atoms in total. The number of nitrogens with zero attached hydrogens (tertiary/aromatic N) is 3. The first-order valence-electron chi connectivity index (χ1n) is 6.19. The van der Waals surface area contributed by atoms with Gasteiger partial charge in [-0.1, -0.05) is 0 Å². The van der Waals surface area contributed by atoms with Crippen molar-refractivity contribution in [1.82, 2.24) is 19.9 Å². The number of H-pyrrole nitrogens is 1. The zero-order valence-electron chi connectivity index (χ0n) is 10.8. The summed E-state index contributed by atoms with van der Waals surface area (Å²) >= 11 is 0. The molecule has 1 N–H and O–H groups in total. The average molecular weight is 254 g/mol. The van der Waals surface area contributed by atoms with Gasteiger partial charge in [-0.05, 0) is 26.0 Å². The summed E-state index contributed by atoms with van der Waals surface area (Å²) < 4.78 is 5.34. The van der Waals surface area contributed by atoms with E-state index < -0.39 is 0 Å². The molecule has 0 fully saturated rings. The second-order valence-electron chi connectivity index (χ2n) is 4.18. The first-order valence-corrected chi connectivity index (χ1v) is 6.19. The molecule has 0 radical (unpaired) electrons. The fourth-order valence-electron chi connectivity index (χ4n) is 2.03. The second kappa shape index (κ2) is 4.68. The van der Waals surface area contributed by atoms with Gasteiger partial charge in [-0.15, -0.1) is 0 Å². The third kappa shape index (κ3) is 2.14. The molecule has 0 aliphatic heterocycles. The Morgan fingerprint density at radius 1 is 1.21 bits per heavy atom. The van der Waals surface area contributed by atoms with Crippen LogP contribution >= 0.6 is 0 Å². The molecule has 3 rings (SSSR count). The van der Waals surface area contributed by atoms with Crippen molar-refractivity contribution in [3.05, 3.63) is 36.4 Å². The number of ether oxygens (including phenoxy) is 1. The van der Waals surface area contributed by atoms with Gasteiger partial charge in [-0.3, -0.25) is 0 Å². The molecule has 0 aliphatic carbocycles. The topological polar surface area (TPSA) is 63.7 Å². The van der Waals surface area contributed by atoms with Crippen molar-refractivity contribution in [2.75, 3.05) is 6.61 Å². The molecule has 19 heavy (non-hydrogen) atoms. The van der Waals surface area contributed by atoms with E-state index in [1.807, 2.05) is 38.2 Å². The van der Waals surface area contributed by atoms with Crippen LogP contribution in [0.1, 0.15) is 12.7 Å². The Labute approximate surface area is 110 Å². The fourth-order valence-corrected chi connectivity index (χ4v) is 2.03. The number of hydrogen-bond acceptors (Lipinski definition) is 4. The lowest BCUT2D eigenvalue weighted by atomic mass is 10.1. The van der Waals surface area contributed by atoms with Crippen molar-refractivity contribution in [2.45, 2.75) is 13.8 Å². The van der Waals surface area contributed by atoms with Gasteiger partial charge in [0.2, 0.25) is 5.88 Å². The van der Waals surface area contributed by atoms with Crippen molar-refractivity contribution < 1.29 is 4.74 Å². The van der Waals surface area contributed by atoms with E-state index in [0.29, 0.717) is 12.5 Å². The van der Waals surface area contributed by atoms with Crippen LogP contribution < -0.4 is 4.74 Å². The molecule has 3 aromatic rings. The Morgan fingerprint density at radius 3 is 2.84 bits per heavy atom. The highest BCUT2D eigenvalue weighted by Gasteiger charge is 2.09. The van der Waals surface area contributed by atoms with Crippen LogP contribution in [0.5, 0.6) is 5.88 Å². The Bertz CT molecular complexity index is 703. The first-order chi connectivity index (χ1) is 9.28. The van der Waals surface area contributed by atoms with E-state index >= 15 is 0 Å². The van der Waals surface area contributed by atoms with Crippen molar-refractivity contribution >= 4 is 11.0 Å². The largest absolute Gasteiger partial charge is 0.478 e. The molecule has 0 aromatic carbocycles. The Kier molecular flexibility index (Phi) is 2.87. The number of pyridine rings is 1. The van der Waals surface area contributed by atoms with Crippen LogP contribution in [-0.4, -0.2) is 26.5 Å². The van der Waals surface area contributed by atoms with E-state index in [1.165, 1.54) is 0 Å². The predicted octanol–water partition coefficient (Wildman–Crippen LogP) is 2.73. The maximum atomic E-state index is 5.34. The molecule has 5 heteroatoms. The van der Waals surface area contributed by atoms with Gasteiger partial charge in [0, 0.05) is 29.4 Å². The summed E-state index contributed by atoms with van der Waals surface area (Å²) in [6.07, 6.45) is 3.64. The lowest BCUT2D eigenvalue weighted by Crippen LogP contribution is -1.96. The van der Waals surface area contributed by atoms with Crippen LogP contribution in [0.3, 0.4) is 0 Å². The summed E-state index contributed by atoms with van der Waals surface area (Å²) in [5, 5.41) is 0.997. The number of aryl methyl sites for hydroxylation is 1. The minimum Gasteiger partial charge on any atom is -0.478 e. The number of nitrogens with one attached hydrogen (secondary N) is 1. The van der Waals surface area contributed by atoms with Gasteiger partial charge in [0.05, 0.1) is 12.3 Å². The molecule has 3 heterocycles. The Balaban J connectivity index is 2.10. The van der Waals surface area contributed by atoms with E-state index in [1.54, 1.807) is 6.20 Å². The molecule has 0 saturated carbocycles. The monoisotopic (exact) mass is 254 g/mol. The minimum atomic E-state index is 0.612. The minimum absolute atomic E-state index is 0.612. The van der Waals surface area contributed by atoms with E-state index in [9.17, 15) is 0 Å². The van der Waals surface area contributed by atoms with Crippen molar-refractivity contribution in [1.29, 1.82) is 0 Å². The van der Waals surface area contributed by atoms with Gasteiger partial charge in [0.15, 0.2) is 0 Å². The third-order valence-corrected chi connectivity index (χ3v) is 2.83. The molecule has 0 saturated heterocycles. The van der Waals surface area contributed by atoms with E-state index in [0.717, 1.165) is 28.1 Å². The molecule has 0 spiro atoms. The second-order valence-corrected chi connectivity index (χ2v) is 4.18. The van der Waals surface area contributed by atoms with E-state index in [4.69, 9.17) is 4.74 Å². The van der Waals surface area contributed by atoms with Crippen LogP contribution in [-0.2, 0) is 0 Å². The molecule has 0 unspecified atom stereocenters. The Hall–Kier alpha value is -2.43. The molecule has 0 bridgehead atoms. The third-order valence-electron chi connectivity index (χ3n) is 2.83. The Morgan fingerprint density at radius 2 is 2.11 bits per heavy atom. The molecule has 96 valence electrons. The highest BCUT2D eigenvalue weighted by molar-refractivity contribution is 5.90. The van der Waals surface area contributed by atoms with Gasteiger partial charge >= 0.3 is 0 Å². The molecule has 0 amide bonds. The summed E-state index contributed by atoms with van der Waals surface area (Å²) in [7, 11) is 0. The van der Waals surface area contributed by atoms with Crippen molar-refractivity contribution in [2.24, 2.45) is 0 Å². The lowest BCUT2D eigenvalue weighted by Gasteiger charge is -2.05. The highest BCUT2D eigenvalue weighted by atomic mass is 16.5. The first kappa shape index (κ1) is 11.6. The summed E-state index contributed by atoms with van der Waals surface area (Å²) in [6, 6.07) is 5.79. The fraction of sp³-hybridized carbons (Fsp3) is 0.214. The molecular weight excluding hydrogens is 240 g/mol. The van der Waals surface area contributed by atoms with Crippen LogP contribution in [0.15, 0.2) is 30.6 Å². The van der Waals surface area contributed by atoms with Gasteiger partial charge in [-0.2, -0.15) is 0 Å². The number of aromatic nitrogens is 4. The average Bonchev–Trinajstić information content (AvgIpc) is 2.87. The number of hydrogen-bond donors (Lipinski definition) is 1. The maximum absolute atomic E-state index is 5.34. The normalized spacial score (nSPS) is 10.8. The number of fused-ring (bicyclic) bond motifs is 1. The molecule has 0 aliphatic rings. The number of rotatable bonds is 3. The smallest absolute Gasteiger partial charge is 0.213 e. The highest BCUT2D eigenvalue weighted by Crippen LogP contribution is 2.25. The van der Waals surface area contributed by atoms with Crippen LogP contribution in [0, 0.1) is 6.92 Å². The van der Waals surface area contributed by atoms with E-state index in [2.05, 4.69) is 19.9 Å². The zero-order valence-corrected chi connectivity index (χ0v) is 10.8. The van der Waals surface area contributed by atoms with Gasteiger partial charge in [-0.25, -0.2) is 15.0 Å². The quantitative estimate of drug-likeness (QED) is 0.780. The van der Waals surface area contributed by atoms with Gasteiger partial charge < -0.3 is 9.72 Å². The van der Waals surface area contributed by atoms with Gasteiger partial charge in [0.25, 0.3) is 0 Å². The molecule has 3 aromatic heterocycles.